The Kier molecular flexibility index (Phi) is 3.52. The lowest BCUT2D eigenvalue weighted by molar-refractivity contribution is -0.139. The van der Waals surface area contributed by atoms with Crippen LogP contribution in [0.25, 0.3) is 0 Å². The van der Waals surface area contributed by atoms with Crippen LogP contribution in [0.5, 0.6) is 0 Å². The Labute approximate surface area is 134 Å². The van der Waals surface area contributed by atoms with E-state index in [2.05, 4.69) is 15.3 Å². The average molecular weight is 313 g/mol. The van der Waals surface area contributed by atoms with Crippen LogP contribution in [0.3, 0.4) is 0 Å². The van der Waals surface area contributed by atoms with Gasteiger partial charge in [-0.1, -0.05) is 18.9 Å². The highest BCUT2D eigenvalue weighted by molar-refractivity contribution is 6.21. The molecule has 1 aliphatic carbocycles. The van der Waals surface area contributed by atoms with Crippen molar-refractivity contribution in [3.63, 3.8) is 0 Å². The van der Waals surface area contributed by atoms with Crippen LogP contribution in [0.2, 0.25) is 0 Å². The number of cyclic esters (lactones) is 1. The number of carbonyl (C=O) groups is 1. The number of amidine groups is 1. The minimum atomic E-state index is -0.681. The van der Waals surface area contributed by atoms with Crippen molar-refractivity contribution in [2.45, 2.75) is 50.3 Å². The molecule has 0 radical (unpaired) electrons. The molecule has 0 spiro atoms. The van der Waals surface area contributed by atoms with Gasteiger partial charge in [-0.05, 0) is 25.0 Å². The fourth-order valence-corrected chi connectivity index (χ4v) is 3.52. The third-order valence-corrected chi connectivity index (χ3v) is 4.72. The number of nitrogens with one attached hydrogen (secondary N) is 1. The van der Waals surface area contributed by atoms with Crippen molar-refractivity contribution in [3.8, 4) is 0 Å². The molecular weight excluding hydrogens is 294 g/mol. The predicted molar refractivity (Wildman–Crippen MR) is 84.1 cm³/mol. The Balaban J connectivity index is 1.56. The van der Waals surface area contributed by atoms with Gasteiger partial charge >= 0.3 is 5.97 Å². The first-order chi connectivity index (χ1) is 11.2. The van der Waals surface area contributed by atoms with E-state index in [1.807, 2.05) is 18.2 Å². The monoisotopic (exact) mass is 313 g/mol. The SMILES string of the molecule is O=C1O[C@H](Cc2ccccn2)C(O)=C1C1=N[C@H]2CCCC[C@@H]2N1. The predicted octanol–water partition coefficient (Wildman–Crippen LogP) is 1.67. The Hall–Kier alpha value is -2.37. The van der Waals surface area contributed by atoms with Gasteiger partial charge in [0, 0.05) is 24.4 Å². The highest BCUT2D eigenvalue weighted by atomic mass is 16.6. The van der Waals surface area contributed by atoms with E-state index in [-0.39, 0.29) is 23.4 Å². The zero-order chi connectivity index (χ0) is 15.8. The van der Waals surface area contributed by atoms with Gasteiger partial charge in [-0.3, -0.25) is 9.98 Å². The summed E-state index contributed by atoms with van der Waals surface area (Å²) in [6.07, 6.45) is 5.79. The van der Waals surface area contributed by atoms with Crippen molar-refractivity contribution in [2.24, 2.45) is 4.99 Å². The number of hydrogen-bond donors (Lipinski definition) is 2. The fourth-order valence-electron chi connectivity index (χ4n) is 3.52. The van der Waals surface area contributed by atoms with Gasteiger partial charge in [0.05, 0.1) is 6.04 Å². The third kappa shape index (κ3) is 2.58. The molecule has 2 aliphatic heterocycles. The van der Waals surface area contributed by atoms with Crippen LogP contribution in [0.4, 0.5) is 0 Å². The Morgan fingerprint density at radius 1 is 1.30 bits per heavy atom. The zero-order valence-electron chi connectivity index (χ0n) is 12.7. The van der Waals surface area contributed by atoms with E-state index in [4.69, 9.17) is 4.74 Å². The molecule has 0 amide bonds. The average Bonchev–Trinajstić information content (AvgIpc) is 3.09. The molecule has 0 saturated heterocycles. The molecule has 120 valence electrons. The van der Waals surface area contributed by atoms with Crippen LogP contribution >= 0.6 is 0 Å². The van der Waals surface area contributed by atoms with Crippen LogP contribution in [-0.2, 0) is 16.0 Å². The third-order valence-electron chi connectivity index (χ3n) is 4.72. The molecule has 3 aliphatic rings. The normalized spacial score (nSPS) is 29.8. The molecule has 3 atom stereocenters. The quantitative estimate of drug-likeness (QED) is 0.829. The molecule has 1 saturated carbocycles. The van der Waals surface area contributed by atoms with Gasteiger partial charge in [-0.15, -0.1) is 0 Å². The number of aromatic nitrogens is 1. The van der Waals surface area contributed by atoms with Crippen LogP contribution in [0.1, 0.15) is 31.4 Å². The Morgan fingerprint density at radius 3 is 2.96 bits per heavy atom. The second kappa shape index (κ2) is 5.68. The summed E-state index contributed by atoms with van der Waals surface area (Å²) in [6.45, 7) is 0. The summed E-state index contributed by atoms with van der Waals surface area (Å²) in [5.41, 5.74) is 0.966. The van der Waals surface area contributed by atoms with Gasteiger partial charge in [-0.25, -0.2) is 4.79 Å². The van der Waals surface area contributed by atoms with Crippen LogP contribution < -0.4 is 5.32 Å². The number of pyridine rings is 1. The molecule has 23 heavy (non-hydrogen) atoms. The first kappa shape index (κ1) is 14.2. The van der Waals surface area contributed by atoms with E-state index in [0.29, 0.717) is 12.3 Å². The van der Waals surface area contributed by atoms with Crippen molar-refractivity contribution in [2.75, 3.05) is 0 Å². The summed E-state index contributed by atoms with van der Waals surface area (Å²) in [6, 6.07) is 6.03. The number of rotatable bonds is 3. The second-order valence-electron chi connectivity index (χ2n) is 6.26. The summed E-state index contributed by atoms with van der Waals surface area (Å²) in [4.78, 5) is 21.0. The zero-order valence-corrected chi connectivity index (χ0v) is 12.7. The number of aliphatic hydroxyl groups is 1. The maximum Gasteiger partial charge on any atom is 0.346 e. The van der Waals surface area contributed by atoms with Crippen molar-refractivity contribution >= 4 is 11.8 Å². The maximum absolute atomic E-state index is 12.2. The molecule has 6 nitrogen and oxygen atoms in total. The van der Waals surface area contributed by atoms with Gasteiger partial charge in [-0.2, -0.15) is 0 Å². The number of carbonyl (C=O) groups excluding carboxylic acids is 1. The fraction of sp³-hybridized carbons (Fsp3) is 0.471. The largest absolute Gasteiger partial charge is 0.507 e. The molecule has 1 fully saturated rings. The maximum atomic E-state index is 12.2. The molecule has 4 rings (SSSR count). The molecule has 0 bridgehead atoms. The van der Waals surface area contributed by atoms with E-state index in [1.165, 1.54) is 6.42 Å². The Bertz CT molecular complexity index is 684. The number of ether oxygens (including phenoxy) is 1. The van der Waals surface area contributed by atoms with Crippen molar-refractivity contribution < 1.29 is 14.6 Å². The summed E-state index contributed by atoms with van der Waals surface area (Å²) < 4.78 is 5.33. The van der Waals surface area contributed by atoms with Crippen LogP contribution in [-0.4, -0.2) is 40.1 Å². The molecule has 2 N–H and O–H groups in total. The molecule has 0 aromatic carbocycles. The molecule has 1 aromatic heterocycles. The number of hydrogen-bond acceptors (Lipinski definition) is 6. The summed E-state index contributed by atoms with van der Waals surface area (Å²) in [7, 11) is 0. The van der Waals surface area contributed by atoms with Crippen molar-refractivity contribution in [1.82, 2.24) is 10.3 Å². The van der Waals surface area contributed by atoms with Crippen LogP contribution in [0.15, 0.2) is 40.7 Å². The number of aliphatic imine (C=N–C) groups is 1. The number of nitrogens with zero attached hydrogens (tertiary/aromatic N) is 2. The standard InChI is InChI=1S/C17H19N3O3/c21-15-13(9-10-5-3-4-8-18-10)23-17(22)14(15)16-19-11-6-1-2-7-12(11)20-16/h3-5,8,11-13,21H,1-2,6-7,9H2,(H,19,20)/t11-,12-,13+/m0/s1. The number of aliphatic hydroxyl groups excluding tert-OH is 1. The van der Waals surface area contributed by atoms with Gasteiger partial charge < -0.3 is 15.2 Å². The lowest BCUT2D eigenvalue weighted by Crippen LogP contribution is -2.37. The summed E-state index contributed by atoms with van der Waals surface area (Å²) >= 11 is 0. The van der Waals surface area contributed by atoms with E-state index < -0.39 is 12.1 Å². The molecule has 1 aromatic rings. The van der Waals surface area contributed by atoms with E-state index in [0.717, 1.165) is 25.0 Å². The molecule has 3 heterocycles. The topological polar surface area (TPSA) is 83.8 Å². The lowest BCUT2D eigenvalue weighted by Gasteiger charge is -2.23. The lowest BCUT2D eigenvalue weighted by atomic mass is 9.92. The minimum Gasteiger partial charge on any atom is -0.507 e. The number of fused-ring (bicyclic) bond motifs is 1. The summed E-state index contributed by atoms with van der Waals surface area (Å²) in [5, 5.41) is 13.8. The summed E-state index contributed by atoms with van der Waals surface area (Å²) in [5.74, 6) is -0.0493. The number of esters is 1. The van der Waals surface area contributed by atoms with Gasteiger partial charge in [0.25, 0.3) is 0 Å². The van der Waals surface area contributed by atoms with Crippen molar-refractivity contribution in [3.05, 3.63) is 41.4 Å². The molecular formula is C17H19N3O3. The van der Waals surface area contributed by atoms with Gasteiger partial charge in [0.15, 0.2) is 11.9 Å². The highest BCUT2D eigenvalue weighted by Crippen LogP contribution is 2.30. The second-order valence-corrected chi connectivity index (χ2v) is 6.26. The van der Waals surface area contributed by atoms with Crippen LogP contribution in [0, 0.1) is 0 Å². The van der Waals surface area contributed by atoms with E-state index in [9.17, 15) is 9.90 Å². The first-order valence-corrected chi connectivity index (χ1v) is 8.11. The molecule has 6 heteroatoms. The van der Waals surface area contributed by atoms with Gasteiger partial charge in [0.1, 0.15) is 11.4 Å². The Morgan fingerprint density at radius 2 is 2.17 bits per heavy atom. The highest BCUT2D eigenvalue weighted by Gasteiger charge is 2.41. The first-order valence-electron chi connectivity index (χ1n) is 8.11. The van der Waals surface area contributed by atoms with Gasteiger partial charge in [0.2, 0.25) is 0 Å². The smallest absolute Gasteiger partial charge is 0.346 e. The van der Waals surface area contributed by atoms with Crippen molar-refractivity contribution in [1.29, 1.82) is 0 Å². The molecule has 0 unspecified atom stereocenters. The van der Waals surface area contributed by atoms with E-state index in [1.54, 1.807) is 6.20 Å². The van der Waals surface area contributed by atoms with E-state index >= 15 is 0 Å². The minimum absolute atomic E-state index is 0.0365.